The number of carbonyl (C=O) groups excluding carboxylic acids is 2. The summed E-state index contributed by atoms with van der Waals surface area (Å²) in [5, 5.41) is 0.275. The molecule has 1 aliphatic rings. The van der Waals surface area contributed by atoms with Crippen molar-refractivity contribution in [3.05, 3.63) is 63.9 Å². The van der Waals surface area contributed by atoms with E-state index in [1.165, 1.54) is 6.26 Å². The van der Waals surface area contributed by atoms with Crippen LogP contribution in [0.5, 0.6) is 0 Å². The highest BCUT2D eigenvalue weighted by Gasteiger charge is 2.38. The average Bonchev–Trinajstić information content (AvgIpc) is 3.08. The number of nitrogens with zero attached hydrogens (tertiary/aromatic N) is 1. The van der Waals surface area contributed by atoms with Crippen LogP contribution in [0.4, 0.5) is 0 Å². The Kier molecular flexibility index (Phi) is 4.15. The van der Waals surface area contributed by atoms with Gasteiger partial charge < -0.3 is 4.42 Å². The van der Waals surface area contributed by atoms with Gasteiger partial charge in [0.15, 0.2) is 4.32 Å². The number of hydrogen-bond acceptors (Lipinski definition) is 5. The molecule has 0 bridgehead atoms. The number of imide groups is 1. The lowest BCUT2D eigenvalue weighted by molar-refractivity contribution is -0.120. The van der Waals surface area contributed by atoms with Gasteiger partial charge in [-0.05, 0) is 24.3 Å². The minimum absolute atomic E-state index is 0.174. The molecule has 4 nitrogen and oxygen atoms in total. The number of halogens is 1. The fourth-order valence-electron chi connectivity index (χ4n) is 1.90. The minimum Gasteiger partial charge on any atom is -0.465 e. The summed E-state index contributed by atoms with van der Waals surface area (Å²) < 4.78 is 5.34. The summed E-state index contributed by atoms with van der Waals surface area (Å²) in [5.41, 5.74) is 0.236. The third-order valence-electron chi connectivity index (χ3n) is 2.92. The first-order chi connectivity index (χ1) is 10.6. The van der Waals surface area contributed by atoms with Gasteiger partial charge in [0.05, 0.1) is 21.8 Å². The second-order valence-corrected chi connectivity index (χ2v) is 6.40. The first-order valence-electron chi connectivity index (χ1n) is 6.18. The van der Waals surface area contributed by atoms with Gasteiger partial charge in [-0.2, -0.15) is 0 Å². The second-order valence-electron chi connectivity index (χ2n) is 4.32. The number of rotatable bonds is 2. The first-order valence-corrected chi connectivity index (χ1v) is 7.78. The lowest BCUT2D eigenvalue weighted by atomic mass is 10.2. The van der Waals surface area contributed by atoms with Crippen LogP contribution in [0.15, 0.2) is 52.0 Å². The molecule has 22 heavy (non-hydrogen) atoms. The number of furan rings is 1. The minimum atomic E-state index is -0.532. The smallest absolute Gasteiger partial charge is 0.273 e. The Morgan fingerprint density at radius 2 is 2.05 bits per heavy atom. The van der Waals surface area contributed by atoms with Crippen LogP contribution in [0.1, 0.15) is 16.1 Å². The lowest BCUT2D eigenvalue weighted by Gasteiger charge is -2.13. The van der Waals surface area contributed by atoms with E-state index in [0.29, 0.717) is 10.7 Å². The molecule has 2 aromatic rings. The maximum Gasteiger partial charge on any atom is 0.273 e. The number of hydrogen-bond donors (Lipinski definition) is 0. The van der Waals surface area contributed by atoms with Crippen LogP contribution >= 0.6 is 35.6 Å². The maximum absolute atomic E-state index is 12.5. The van der Waals surface area contributed by atoms with E-state index in [2.05, 4.69) is 0 Å². The van der Waals surface area contributed by atoms with Crippen LogP contribution in [-0.4, -0.2) is 21.0 Å². The zero-order valence-electron chi connectivity index (χ0n) is 11.0. The molecule has 0 spiro atoms. The van der Waals surface area contributed by atoms with E-state index in [9.17, 15) is 9.59 Å². The van der Waals surface area contributed by atoms with E-state index in [0.717, 1.165) is 16.7 Å². The summed E-state index contributed by atoms with van der Waals surface area (Å²) in [5.74, 6) is -0.488. The average molecular weight is 350 g/mol. The van der Waals surface area contributed by atoms with Gasteiger partial charge in [-0.3, -0.25) is 9.59 Å². The van der Waals surface area contributed by atoms with Crippen LogP contribution in [-0.2, 0) is 4.79 Å². The Hall–Kier alpha value is -1.89. The Labute approximate surface area is 140 Å². The SMILES string of the molecule is O=C1C(=Cc2ccco2)SC(=S)N1C(=O)c1ccccc1Cl. The highest BCUT2D eigenvalue weighted by molar-refractivity contribution is 8.26. The number of thiocarbonyl (C=S) groups is 1. The summed E-state index contributed by atoms with van der Waals surface area (Å²) in [7, 11) is 0. The summed E-state index contributed by atoms with van der Waals surface area (Å²) in [6.07, 6.45) is 3.06. The summed E-state index contributed by atoms with van der Waals surface area (Å²) in [6, 6.07) is 9.95. The number of amides is 2. The molecule has 1 fully saturated rings. The highest BCUT2D eigenvalue weighted by atomic mass is 35.5. The standard InChI is InChI=1S/C15H8ClNO3S2/c16-11-6-2-1-5-10(11)13(18)17-14(19)12(22-15(17)21)8-9-4-3-7-20-9/h1-8H. The van der Waals surface area contributed by atoms with Gasteiger partial charge in [-0.15, -0.1) is 0 Å². The topological polar surface area (TPSA) is 50.5 Å². The monoisotopic (exact) mass is 349 g/mol. The van der Waals surface area contributed by atoms with Crippen LogP contribution < -0.4 is 0 Å². The van der Waals surface area contributed by atoms with Crippen LogP contribution in [0.25, 0.3) is 6.08 Å². The van der Waals surface area contributed by atoms with Crippen molar-refractivity contribution >= 4 is 57.8 Å². The largest absolute Gasteiger partial charge is 0.465 e. The summed E-state index contributed by atoms with van der Waals surface area (Å²) in [6.45, 7) is 0. The van der Waals surface area contributed by atoms with E-state index in [1.54, 1.807) is 42.5 Å². The predicted molar refractivity (Wildman–Crippen MR) is 89.5 cm³/mol. The fourth-order valence-corrected chi connectivity index (χ4v) is 3.35. The molecule has 0 N–H and O–H groups in total. The molecular weight excluding hydrogens is 342 g/mol. The van der Waals surface area contributed by atoms with Gasteiger partial charge in [0, 0.05) is 6.08 Å². The number of thioether (sulfide) groups is 1. The Morgan fingerprint density at radius 1 is 1.27 bits per heavy atom. The zero-order chi connectivity index (χ0) is 15.7. The molecule has 2 amide bonds. The van der Waals surface area contributed by atoms with E-state index >= 15 is 0 Å². The van der Waals surface area contributed by atoms with Crippen molar-refractivity contribution in [3.8, 4) is 0 Å². The van der Waals surface area contributed by atoms with Crippen molar-refractivity contribution in [2.24, 2.45) is 0 Å². The molecule has 7 heteroatoms. The third kappa shape index (κ3) is 2.72. The molecule has 1 aromatic heterocycles. The lowest BCUT2D eigenvalue weighted by Crippen LogP contribution is -2.34. The van der Waals surface area contributed by atoms with Crippen molar-refractivity contribution in [2.75, 3.05) is 0 Å². The maximum atomic E-state index is 12.5. The van der Waals surface area contributed by atoms with Crippen molar-refractivity contribution in [2.45, 2.75) is 0 Å². The predicted octanol–water partition coefficient (Wildman–Crippen LogP) is 3.97. The van der Waals surface area contributed by atoms with Gasteiger partial charge in [0.25, 0.3) is 11.8 Å². The highest BCUT2D eigenvalue weighted by Crippen LogP contribution is 2.34. The summed E-state index contributed by atoms with van der Waals surface area (Å²) in [4.78, 5) is 26.2. The normalized spacial score (nSPS) is 16.6. The van der Waals surface area contributed by atoms with Crippen LogP contribution in [0.2, 0.25) is 5.02 Å². The van der Waals surface area contributed by atoms with Gasteiger partial charge in [-0.25, -0.2) is 4.90 Å². The Bertz CT molecular complexity index is 799. The van der Waals surface area contributed by atoms with Crippen LogP contribution in [0.3, 0.4) is 0 Å². The molecule has 110 valence electrons. The number of benzene rings is 1. The fraction of sp³-hybridized carbons (Fsp3) is 0. The van der Waals surface area contributed by atoms with E-state index in [4.69, 9.17) is 28.2 Å². The molecule has 1 aromatic carbocycles. The molecule has 1 saturated heterocycles. The van der Waals surface area contributed by atoms with Gasteiger partial charge in [0.1, 0.15) is 5.76 Å². The third-order valence-corrected chi connectivity index (χ3v) is 4.55. The molecule has 2 heterocycles. The van der Waals surface area contributed by atoms with Crippen molar-refractivity contribution in [3.63, 3.8) is 0 Å². The van der Waals surface area contributed by atoms with Crippen molar-refractivity contribution in [1.82, 2.24) is 4.90 Å². The molecule has 0 aliphatic carbocycles. The molecule has 0 atom stereocenters. The zero-order valence-corrected chi connectivity index (χ0v) is 13.4. The van der Waals surface area contributed by atoms with E-state index < -0.39 is 11.8 Å². The summed E-state index contributed by atoms with van der Waals surface area (Å²) >= 11 is 12.2. The Morgan fingerprint density at radius 3 is 2.73 bits per heavy atom. The van der Waals surface area contributed by atoms with E-state index in [-0.39, 0.29) is 14.9 Å². The van der Waals surface area contributed by atoms with Crippen molar-refractivity contribution < 1.29 is 14.0 Å². The molecule has 3 rings (SSSR count). The van der Waals surface area contributed by atoms with Gasteiger partial charge in [-0.1, -0.05) is 47.7 Å². The van der Waals surface area contributed by atoms with Crippen LogP contribution in [0, 0.1) is 0 Å². The molecule has 0 radical (unpaired) electrons. The molecule has 0 saturated carbocycles. The molecule has 1 aliphatic heterocycles. The Balaban J connectivity index is 1.92. The molecule has 0 unspecified atom stereocenters. The van der Waals surface area contributed by atoms with Gasteiger partial charge in [0.2, 0.25) is 0 Å². The number of carbonyl (C=O) groups is 2. The quantitative estimate of drug-likeness (QED) is 0.466. The molecular formula is C15H8ClNO3S2. The second kappa shape index (κ2) is 6.08. The first kappa shape index (κ1) is 15.0. The van der Waals surface area contributed by atoms with E-state index in [1.807, 2.05) is 0 Å². The van der Waals surface area contributed by atoms with Gasteiger partial charge >= 0.3 is 0 Å². The van der Waals surface area contributed by atoms with Crippen molar-refractivity contribution in [1.29, 1.82) is 0 Å².